The van der Waals surface area contributed by atoms with Gasteiger partial charge in [0.1, 0.15) is 0 Å². The van der Waals surface area contributed by atoms with E-state index in [1.54, 1.807) is 5.56 Å². The maximum Gasteiger partial charge on any atom is 0.0208 e. The first-order chi connectivity index (χ1) is 8.17. The minimum absolute atomic E-state index is 0.600. The highest BCUT2D eigenvalue weighted by atomic mass is 14.9. The first-order valence-corrected chi connectivity index (χ1v) is 6.95. The molecule has 1 nitrogen and oxygen atoms in total. The molecule has 1 aromatic carbocycles. The zero-order chi connectivity index (χ0) is 11.9. The Labute approximate surface area is 105 Å². The normalized spacial score (nSPS) is 25.9. The summed E-state index contributed by atoms with van der Waals surface area (Å²) in [7, 11) is 0. The second-order valence-electron chi connectivity index (χ2n) is 6.49. The summed E-state index contributed by atoms with van der Waals surface area (Å²) in [5.41, 5.74) is 3.71. The van der Waals surface area contributed by atoms with Gasteiger partial charge < -0.3 is 5.32 Å². The van der Waals surface area contributed by atoms with Gasteiger partial charge in [0, 0.05) is 6.54 Å². The summed E-state index contributed by atoms with van der Waals surface area (Å²) in [5.74, 6) is 1.76. The molecule has 0 aromatic heterocycles. The minimum Gasteiger partial charge on any atom is -0.312 e. The lowest BCUT2D eigenvalue weighted by atomic mass is 10.0. The van der Waals surface area contributed by atoms with E-state index in [-0.39, 0.29) is 0 Å². The second kappa shape index (κ2) is 4.13. The molecule has 1 atom stereocenters. The van der Waals surface area contributed by atoms with Gasteiger partial charge in [-0.25, -0.2) is 0 Å². The van der Waals surface area contributed by atoms with Crippen molar-refractivity contribution in [3.63, 3.8) is 0 Å². The molecule has 0 radical (unpaired) electrons. The third kappa shape index (κ3) is 2.55. The zero-order valence-electron chi connectivity index (χ0n) is 11.0. The van der Waals surface area contributed by atoms with E-state index in [0.29, 0.717) is 5.41 Å². The Morgan fingerprint density at radius 1 is 1.24 bits per heavy atom. The molecule has 2 aliphatic carbocycles. The zero-order valence-corrected chi connectivity index (χ0v) is 11.0. The topological polar surface area (TPSA) is 12.0 Å². The molecular weight excluding hydrogens is 206 g/mol. The van der Waals surface area contributed by atoms with Crippen molar-refractivity contribution >= 4 is 0 Å². The van der Waals surface area contributed by atoms with Crippen LogP contribution in [0.2, 0.25) is 0 Å². The molecule has 1 N–H and O–H groups in total. The molecule has 0 bridgehead atoms. The van der Waals surface area contributed by atoms with Crippen molar-refractivity contribution < 1.29 is 0 Å². The van der Waals surface area contributed by atoms with Crippen LogP contribution in [-0.4, -0.2) is 6.54 Å². The largest absolute Gasteiger partial charge is 0.312 e. The molecule has 2 aliphatic rings. The van der Waals surface area contributed by atoms with Gasteiger partial charge in [-0.3, -0.25) is 0 Å². The van der Waals surface area contributed by atoms with Gasteiger partial charge in [0.25, 0.3) is 0 Å². The van der Waals surface area contributed by atoms with E-state index in [2.05, 4.69) is 43.4 Å². The van der Waals surface area contributed by atoms with Crippen molar-refractivity contribution in [1.82, 2.24) is 5.32 Å². The maximum absolute atomic E-state index is 3.64. The predicted molar refractivity (Wildman–Crippen MR) is 72.0 cm³/mol. The summed E-state index contributed by atoms with van der Waals surface area (Å²) in [6, 6.07) is 8.96. The van der Waals surface area contributed by atoms with Crippen molar-refractivity contribution in [2.45, 2.75) is 45.6 Å². The van der Waals surface area contributed by atoms with E-state index >= 15 is 0 Å². The molecule has 2 saturated carbocycles. The molecule has 17 heavy (non-hydrogen) atoms. The van der Waals surface area contributed by atoms with Gasteiger partial charge in [0.15, 0.2) is 0 Å². The van der Waals surface area contributed by atoms with Gasteiger partial charge in [-0.1, -0.05) is 38.1 Å². The Balaban J connectivity index is 1.54. The fourth-order valence-corrected chi connectivity index (χ4v) is 2.79. The fraction of sp³-hybridized carbons (Fsp3) is 0.625. The van der Waals surface area contributed by atoms with Gasteiger partial charge >= 0.3 is 0 Å². The number of hydrogen-bond donors (Lipinski definition) is 1. The van der Waals surface area contributed by atoms with Gasteiger partial charge in [0.2, 0.25) is 0 Å². The molecule has 92 valence electrons. The van der Waals surface area contributed by atoms with E-state index in [4.69, 9.17) is 0 Å². The van der Waals surface area contributed by atoms with Crippen molar-refractivity contribution in [2.24, 2.45) is 11.3 Å². The van der Waals surface area contributed by atoms with E-state index < -0.39 is 0 Å². The standard InChI is InChI=1S/C16H23N/c1-16(2)9-14(16)11-17-10-13-5-3-4-6-15(13)12-7-8-12/h3-6,12,14,17H,7-11H2,1-2H3. The van der Waals surface area contributed by atoms with Crippen LogP contribution in [0.3, 0.4) is 0 Å². The molecule has 3 rings (SSSR count). The lowest BCUT2D eigenvalue weighted by Crippen LogP contribution is -2.18. The molecule has 0 heterocycles. The Bertz CT molecular complexity index is 404. The van der Waals surface area contributed by atoms with Crippen LogP contribution in [-0.2, 0) is 6.54 Å². The maximum atomic E-state index is 3.64. The molecule has 1 unspecified atom stereocenters. The number of hydrogen-bond acceptors (Lipinski definition) is 1. The Morgan fingerprint density at radius 3 is 2.59 bits per heavy atom. The van der Waals surface area contributed by atoms with Gasteiger partial charge in [-0.15, -0.1) is 0 Å². The van der Waals surface area contributed by atoms with Gasteiger partial charge in [-0.05, 0) is 54.2 Å². The highest BCUT2D eigenvalue weighted by Gasteiger charge is 2.44. The number of nitrogens with one attached hydrogen (secondary N) is 1. The summed E-state index contributed by atoms with van der Waals surface area (Å²) in [6.45, 7) is 6.99. The van der Waals surface area contributed by atoms with Crippen LogP contribution in [0.1, 0.15) is 50.2 Å². The highest BCUT2D eigenvalue weighted by Crippen LogP contribution is 2.51. The lowest BCUT2D eigenvalue weighted by Gasteiger charge is -2.10. The van der Waals surface area contributed by atoms with Crippen LogP contribution in [0, 0.1) is 11.3 Å². The lowest BCUT2D eigenvalue weighted by molar-refractivity contribution is 0.519. The number of benzene rings is 1. The van der Waals surface area contributed by atoms with Crippen LogP contribution < -0.4 is 5.32 Å². The van der Waals surface area contributed by atoms with Crippen molar-refractivity contribution in [1.29, 1.82) is 0 Å². The summed E-state index contributed by atoms with van der Waals surface area (Å²) < 4.78 is 0. The smallest absolute Gasteiger partial charge is 0.0208 e. The Morgan fingerprint density at radius 2 is 1.94 bits per heavy atom. The van der Waals surface area contributed by atoms with E-state index in [9.17, 15) is 0 Å². The van der Waals surface area contributed by atoms with E-state index in [1.165, 1.54) is 31.4 Å². The summed E-state index contributed by atoms with van der Waals surface area (Å²) >= 11 is 0. The molecule has 1 heteroatoms. The summed E-state index contributed by atoms with van der Waals surface area (Å²) in [4.78, 5) is 0. The van der Waals surface area contributed by atoms with E-state index in [0.717, 1.165) is 18.4 Å². The fourth-order valence-electron chi connectivity index (χ4n) is 2.79. The number of rotatable bonds is 5. The summed E-state index contributed by atoms with van der Waals surface area (Å²) in [5, 5.41) is 3.64. The van der Waals surface area contributed by atoms with Crippen LogP contribution in [0.4, 0.5) is 0 Å². The van der Waals surface area contributed by atoms with Crippen LogP contribution in [0.5, 0.6) is 0 Å². The van der Waals surface area contributed by atoms with Crippen molar-refractivity contribution in [2.75, 3.05) is 6.54 Å². The first-order valence-electron chi connectivity index (χ1n) is 6.95. The summed E-state index contributed by atoms with van der Waals surface area (Å²) in [6.07, 6.45) is 4.18. The second-order valence-corrected chi connectivity index (χ2v) is 6.49. The first kappa shape index (κ1) is 11.3. The van der Waals surface area contributed by atoms with E-state index in [1.807, 2.05) is 0 Å². The molecule has 0 aliphatic heterocycles. The van der Waals surface area contributed by atoms with Gasteiger partial charge in [0.05, 0.1) is 0 Å². The minimum atomic E-state index is 0.600. The van der Waals surface area contributed by atoms with Crippen molar-refractivity contribution in [3.8, 4) is 0 Å². The molecule has 0 spiro atoms. The monoisotopic (exact) mass is 229 g/mol. The predicted octanol–water partition coefficient (Wildman–Crippen LogP) is 3.70. The third-order valence-corrected chi connectivity index (χ3v) is 4.50. The quantitative estimate of drug-likeness (QED) is 0.812. The Hall–Kier alpha value is -0.820. The SMILES string of the molecule is CC1(C)CC1CNCc1ccccc1C1CC1. The van der Waals surface area contributed by atoms with Crippen LogP contribution in [0.15, 0.2) is 24.3 Å². The molecule has 2 fully saturated rings. The van der Waals surface area contributed by atoms with Gasteiger partial charge in [-0.2, -0.15) is 0 Å². The highest BCUT2D eigenvalue weighted by molar-refractivity contribution is 5.33. The molecule has 0 amide bonds. The van der Waals surface area contributed by atoms with Crippen molar-refractivity contribution in [3.05, 3.63) is 35.4 Å². The molecule has 0 saturated heterocycles. The molecular formula is C16H23N. The third-order valence-electron chi connectivity index (χ3n) is 4.50. The van der Waals surface area contributed by atoms with Crippen LogP contribution >= 0.6 is 0 Å². The average molecular weight is 229 g/mol. The van der Waals surface area contributed by atoms with Crippen LogP contribution in [0.25, 0.3) is 0 Å². The Kier molecular flexibility index (Phi) is 2.74. The molecule has 1 aromatic rings. The average Bonchev–Trinajstić information content (AvgIpc) is 3.18.